The van der Waals surface area contributed by atoms with Crippen molar-refractivity contribution in [2.24, 2.45) is 15.3 Å². The number of allylic oxidation sites excluding steroid dienone is 1. The molecule has 1 aliphatic heterocycles. The van der Waals surface area contributed by atoms with E-state index >= 15 is 0 Å². The van der Waals surface area contributed by atoms with Gasteiger partial charge in [0.25, 0.3) is 0 Å². The molecule has 0 aliphatic carbocycles. The van der Waals surface area contributed by atoms with E-state index in [1.165, 1.54) is 0 Å². The zero-order chi connectivity index (χ0) is 14.5. The maximum absolute atomic E-state index is 4.51. The Labute approximate surface area is 128 Å². The van der Waals surface area contributed by atoms with E-state index in [1.54, 1.807) is 18.1 Å². The lowest BCUT2D eigenvalue weighted by atomic mass is 10.1. The second-order valence-corrected chi connectivity index (χ2v) is 5.57. The van der Waals surface area contributed by atoms with Crippen molar-refractivity contribution in [1.82, 2.24) is 4.41 Å². The fourth-order valence-electron chi connectivity index (χ4n) is 1.92. The summed E-state index contributed by atoms with van der Waals surface area (Å²) in [5, 5.41) is 12.9. The molecule has 0 spiro atoms. The molecule has 0 fully saturated rings. The van der Waals surface area contributed by atoms with E-state index in [1.807, 2.05) is 72.1 Å². The fraction of sp³-hybridized carbons (Fsp3) is 0.0625. The molecule has 104 valence electrons. The van der Waals surface area contributed by atoms with Crippen LogP contribution < -0.4 is 0 Å². The summed E-state index contributed by atoms with van der Waals surface area (Å²) >= 11 is 1.54. The number of rotatable bonds is 3. The molecule has 5 heteroatoms. The molecular formula is C16H14N4S. The molecule has 0 bridgehead atoms. The molecule has 0 radical (unpaired) electrons. The minimum atomic E-state index is 0.837. The van der Waals surface area contributed by atoms with Gasteiger partial charge < -0.3 is 0 Å². The maximum atomic E-state index is 4.51. The van der Waals surface area contributed by atoms with Gasteiger partial charge in [-0.2, -0.15) is 15.3 Å². The first kappa shape index (κ1) is 13.6. The van der Waals surface area contributed by atoms with E-state index in [4.69, 9.17) is 0 Å². The largest absolute Gasteiger partial charge is 0.237 e. The Bertz CT molecular complexity index is 693. The van der Waals surface area contributed by atoms with E-state index in [9.17, 15) is 0 Å². The summed E-state index contributed by atoms with van der Waals surface area (Å²) in [6.45, 7) is 0. The third kappa shape index (κ3) is 3.38. The topological polar surface area (TPSA) is 40.3 Å². The highest BCUT2D eigenvalue weighted by Gasteiger charge is 2.20. The van der Waals surface area contributed by atoms with E-state index < -0.39 is 0 Å². The molecule has 2 aromatic rings. The fourth-order valence-corrected chi connectivity index (χ4v) is 2.67. The molecule has 1 heterocycles. The first-order chi connectivity index (χ1) is 10.3. The second kappa shape index (κ2) is 6.37. The van der Waals surface area contributed by atoms with Gasteiger partial charge in [0, 0.05) is 24.6 Å². The SMILES string of the molecule is CN1N=C(c2ccccc2)/C(=C/N=Nc2ccccc2)S1. The van der Waals surface area contributed by atoms with Crippen molar-refractivity contribution in [2.75, 3.05) is 7.05 Å². The average Bonchev–Trinajstić information content (AvgIpc) is 2.90. The summed E-state index contributed by atoms with van der Waals surface area (Å²) in [6.07, 6.45) is 1.76. The summed E-state index contributed by atoms with van der Waals surface area (Å²) in [4.78, 5) is 0.989. The van der Waals surface area contributed by atoms with Gasteiger partial charge in [0.05, 0.1) is 16.8 Å². The summed E-state index contributed by atoms with van der Waals surface area (Å²) in [6, 6.07) is 19.8. The number of benzene rings is 2. The van der Waals surface area contributed by atoms with Gasteiger partial charge in [-0.3, -0.25) is 0 Å². The van der Waals surface area contributed by atoms with Gasteiger partial charge in [-0.15, -0.1) is 0 Å². The van der Waals surface area contributed by atoms with Gasteiger partial charge in [-0.25, -0.2) is 4.41 Å². The summed E-state index contributed by atoms with van der Waals surface area (Å²) in [5.41, 5.74) is 2.84. The van der Waals surface area contributed by atoms with Crippen molar-refractivity contribution in [3.05, 3.63) is 77.3 Å². The zero-order valence-electron chi connectivity index (χ0n) is 11.5. The van der Waals surface area contributed by atoms with Crippen molar-refractivity contribution in [2.45, 2.75) is 0 Å². The smallest absolute Gasteiger partial charge is 0.108 e. The molecule has 21 heavy (non-hydrogen) atoms. The van der Waals surface area contributed by atoms with Crippen LogP contribution in [0.3, 0.4) is 0 Å². The van der Waals surface area contributed by atoms with Gasteiger partial charge in [0.2, 0.25) is 0 Å². The van der Waals surface area contributed by atoms with Crippen molar-refractivity contribution < 1.29 is 0 Å². The maximum Gasteiger partial charge on any atom is 0.108 e. The van der Waals surface area contributed by atoms with E-state index in [2.05, 4.69) is 15.3 Å². The van der Waals surface area contributed by atoms with Gasteiger partial charge in [-0.1, -0.05) is 48.5 Å². The van der Waals surface area contributed by atoms with Gasteiger partial charge in [-0.05, 0) is 12.1 Å². The minimum absolute atomic E-state index is 0.837. The highest BCUT2D eigenvalue weighted by atomic mass is 32.2. The predicted octanol–water partition coefficient (Wildman–Crippen LogP) is 4.61. The molecule has 0 N–H and O–H groups in total. The number of hydrogen-bond acceptors (Lipinski definition) is 5. The van der Waals surface area contributed by atoms with Crippen molar-refractivity contribution in [3.63, 3.8) is 0 Å². The quantitative estimate of drug-likeness (QED) is 0.612. The lowest BCUT2D eigenvalue weighted by molar-refractivity contribution is 0.628. The average molecular weight is 294 g/mol. The number of hydrazone groups is 1. The van der Waals surface area contributed by atoms with Crippen LogP contribution in [-0.4, -0.2) is 17.2 Å². The first-order valence-electron chi connectivity index (χ1n) is 6.55. The van der Waals surface area contributed by atoms with Gasteiger partial charge in [0.1, 0.15) is 5.71 Å². The standard InChI is InChI=1S/C16H14N4S/c1-20-19-16(13-8-4-2-5-9-13)15(21-20)12-17-18-14-10-6-3-7-11-14/h2-12H,1H3/b15-12-,18-17?. The molecular weight excluding hydrogens is 280 g/mol. The predicted molar refractivity (Wildman–Crippen MR) is 87.4 cm³/mol. The van der Waals surface area contributed by atoms with Crippen LogP contribution in [0.15, 0.2) is 87.1 Å². The number of azo groups is 1. The second-order valence-electron chi connectivity index (χ2n) is 4.41. The van der Waals surface area contributed by atoms with Crippen LogP contribution in [0.25, 0.3) is 0 Å². The highest BCUT2D eigenvalue weighted by molar-refractivity contribution is 8.02. The summed E-state index contributed by atoms with van der Waals surface area (Å²) < 4.78 is 1.83. The Balaban J connectivity index is 1.83. The summed E-state index contributed by atoms with van der Waals surface area (Å²) in [7, 11) is 1.92. The van der Waals surface area contributed by atoms with Crippen LogP contribution in [0.5, 0.6) is 0 Å². The van der Waals surface area contributed by atoms with Crippen LogP contribution in [0, 0.1) is 0 Å². The van der Waals surface area contributed by atoms with Crippen LogP contribution in [0.2, 0.25) is 0 Å². The van der Waals surface area contributed by atoms with Crippen molar-refractivity contribution >= 4 is 23.3 Å². The number of nitrogens with zero attached hydrogens (tertiary/aromatic N) is 4. The molecule has 0 aromatic heterocycles. The molecule has 0 saturated carbocycles. The van der Waals surface area contributed by atoms with Crippen LogP contribution in [0.1, 0.15) is 5.56 Å². The third-order valence-electron chi connectivity index (χ3n) is 2.86. The molecule has 2 aromatic carbocycles. The first-order valence-corrected chi connectivity index (χ1v) is 7.32. The third-order valence-corrected chi connectivity index (χ3v) is 3.70. The highest BCUT2D eigenvalue weighted by Crippen LogP contribution is 2.31. The lowest BCUT2D eigenvalue weighted by Gasteiger charge is -2.00. The molecule has 0 unspecified atom stereocenters. The van der Waals surface area contributed by atoms with E-state index in [0.717, 1.165) is 21.9 Å². The number of hydrogen-bond donors (Lipinski definition) is 0. The minimum Gasteiger partial charge on any atom is -0.237 e. The molecule has 4 nitrogen and oxygen atoms in total. The van der Waals surface area contributed by atoms with Crippen LogP contribution in [-0.2, 0) is 0 Å². The van der Waals surface area contributed by atoms with Crippen LogP contribution >= 0.6 is 11.9 Å². The monoisotopic (exact) mass is 294 g/mol. The lowest BCUT2D eigenvalue weighted by Crippen LogP contribution is -1.98. The molecule has 1 aliphatic rings. The molecule has 0 saturated heterocycles. The van der Waals surface area contributed by atoms with E-state index in [-0.39, 0.29) is 0 Å². The van der Waals surface area contributed by atoms with E-state index in [0.29, 0.717) is 0 Å². The Morgan fingerprint density at radius 1 is 1.00 bits per heavy atom. The van der Waals surface area contributed by atoms with Gasteiger partial charge >= 0.3 is 0 Å². The summed E-state index contributed by atoms with van der Waals surface area (Å²) in [5.74, 6) is 0. The Kier molecular flexibility index (Phi) is 4.12. The zero-order valence-corrected chi connectivity index (χ0v) is 12.4. The molecule has 3 rings (SSSR count). The molecule has 0 amide bonds. The Hall–Kier alpha value is -2.40. The Morgan fingerprint density at radius 2 is 1.67 bits per heavy atom. The normalized spacial score (nSPS) is 16.7. The van der Waals surface area contributed by atoms with Crippen molar-refractivity contribution in [1.29, 1.82) is 0 Å². The van der Waals surface area contributed by atoms with Crippen LogP contribution in [0.4, 0.5) is 5.69 Å². The molecule has 0 atom stereocenters. The van der Waals surface area contributed by atoms with Crippen molar-refractivity contribution in [3.8, 4) is 0 Å². The Morgan fingerprint density at radius 3 is 2.38 bits per heavy atom. The van der Waals surface area contributed by atoms with Gasteiger partial charge in [0.15, 0.2) is 0 Å².